The molecule has 98 valence electrons. The van der Waals surface area contributed by atoms with Crippen LogP contribution in [0.1, 0.15) is 25.3 Å². The Morgan fingerprint density at radius 3 is 2.67 bits per heavy atom. The van der Waals surface area contributed by atoms with Gasteiger partial charge in [-0.2, -0.15) is 0 Å². The zero-order valence-corrected chi connectivity index (χ0v) is 10.6. The summed E-state index contributed by atoms with van der Waals surface area (Å²) in [5.41, 5.74) is 1.64. The van der Waals surface area contributed by atoms with E-state index in [4.69, 9.17) is 5.11 Å². The van der Waals surface area contributed by atoms with Crippen molar-refractivity contribution in [3.05, 3.63) is 29.8 Å². The van der Waals surface area contributed by atoms with E-state index in [0.29, 0.717) is 6.04 Å². The highest BCUT2D eigenvalue weighted by Gasteiger charge is 2.23. The lowest BCUT2D eigenvalue weighted by Gasteiger charge is -2.26. The van der Waals surface area contributed by atoms with Crippen molar-refractivity contribution in [3.63, 3.8) is 0 Å². The Balaban J connectivity index is 1.90. The minimum absolute atomic E-state index is 0.0264. The first-order valence-electron chi connectivity index (χ1n) is 6.43. The summed E-state index contributed by atoms with van der Waals surface area (Å²) >= 11 is 0. The predicted molar refractivity (Wildman–Crippen MR) is 71.2 cm³/mol. The van der Waals surface area contributed by atoms with E-state index in [1.54, 1.807) is 0 Å². The summed E-state index contributed by atoms with van der Waals surface area (Å²) in [5, 5.41) is 15.2. The van der Waals surface area contributed by atoms with Crippen LogP contribution in [-0.4, -0.2) is 23.6 Å². The van der Waals surface area contributed by atoms with Crippen LogP contribution < -0.4 is 10.6 Å². The highest BCUT2D eigenvalue weighted by atomic mass is 16.3. The molecule has 0 aromatic heterocycles. The number of hydrogen-bond acceptors (Lipinski definition) is 3. The van der Waals surface area contributed by atoms with E-state index in [9.17, 15) is 4.79 Å². The van der Waals surface area contributed by atoms with Crippen LogP contribution in [0.25, 0.3) is 0 Å². The number of anilines is 1. The average Bonchev–Trinajstić information content (AvgIpc) is 2.40. The third-order valence-corrected chi connectivity index (χ3v) is 3.44. The van der Waals surface area contributed by atoms with Crippen LogP contribution in [0.3, 0.4) is 0 Å². The van der Waals surface area contributed by atoms with Gasteiger partial charge in [0.2, 0.25) is 5.91 Å². The number of rotatable bonds is 3. The number of amides is 1. The number of hydrogen-bond donors (Lipinski definition) is 3. The molecule has 1 aliphatic heterocycles. The Morgan fingerprint density at radius 1 is 1.39 bits per heavy atom. The summed E-state index contributed by atoms with van der Waals surface area (Å²) in [5.74, 6) is 0.130. The first-order chi connectivity index (χ1) is 8.69. The lowest BCUT2D eigenvalue weighted by Crippen LogP contribution is -2.41. The van der Waals surface area contributed by atoms with E-state index in [1.807, 2.05) is 24.3 Å². The van der Waals surface area contributed by atoms with Gasteiger partial charge in [0.05, 0.1) is 12.5 Å². The molecule has 3 N–H and O–H groups in total. The topological polar surface area (TPSA) is 61.4 Å². The van der Waals surface area contributed by atoms with E-state index in [2.05, 4.69) is 17.6 Å². The maximum absolute atomic E-state index is 12.0. The van der Waals surface area contributed by atoms with Crippen molar-refractivity contribution in [2.75, 3.05) is 11.9 Å². The van der Waals surface area contributed by atoms with E-state index in [-0.39, 0.29) is 18.4 Å². The number of nitrogens with one attached hydrogen (secondary N) is 2. The molecule has 1 heterocycles. The minimum atomic E-state index is 0.0264. The number of piperidine rings is 1. The van der Waals surface area contributed by atoms with Crippen LogP contribution in [0.15, 0.2) is 24.3 Å². The maximum Gasteiger partial charge on any atom is 0.228 e. The molecule has 0 saturated carbocycles. The van der Waals surface area contributed by atoms with E-state index < -0.39 is 0 Å². The fourth-order valence-corrected chi connectivity index (χ4v) is 2.16. The van der Waals surface area contributed by atoms with Gasteiger partial charge in [-0.1, -0.05) is 12.1 Å². The second-order valence-electron chi connectivity index (χ2n) is 4.93. The van der Waals surface area contributed by atoms with Gasteiger partial charge in [-0.15, -0.1) is 0 Å². The van der Waals surface area contributed by atoms with Gasteiger partial charge in [0.25, 0.3) is 0 Å². The Morgan fingerprint density at radius 2 is 2.11 bits per heavy atom. The first kappa shape index (κ1) is 13.1. The number of carbonyl (C=O) groups excluding carboxylic acids is 1. The summed E-state index contributed by atoms with van der Waals surface area (Å²) in [6, 6.07) is 7.79. The molecule has 2 unspecified atom stereocenters. The molecule has 1 aromatic carbocycles. The van der Waals surface area contributed by atoms with Crippen molar-refractivity contribution < 1.29 is 9.90 Å². The molecule has 4 nitrogen and oxygen atoms in total. The lowest BCUT2D eigenvalue weighted by molar-refractivity contribution is -0.120. The van der Waals surface area contributed by atoms with Crippen LogP contribution in [0.5, 0.6) is 0 Å². The molecule has 4 heteroatoms. The smallest absolute Gasteiger partial charge is 0.228 e. The zero-order valence-electron chi connectivity index (χ0n) is 10.6. The van der Waals surface area contributed by atoms with Crippen LogP contribution in [0.4, 0.5) is 5.69 Å². The van der Waals surface area contributed by atoms with Crippen molar-refractivity contribution in [3.8, 4) is 0 Å². The second kappa shape index (κ2) is 5.98. The molecule has 1 saturated heterocycles. The highest BCUT2D eigenvalue weighted by molar-refractivity contribution is 5.92. The third kappa shape index (κ3) is 3.31. The molecule has 1 aliphatic rings. The van der Waals surface area contributed by atoms with Crippen LogP contribution in [0, 0.1) is 5.92 Å². The van der Waals surface area contributed by atoms with E-state index in [0.717, 1.165) is 30.6 Å². The van der Waals surface area contributed by atoms with Gasteiger partial charge < -0.3 is 15.7 Å². The monoisotopic (exact) mass is 248 g/mol. The van der Waals surface area contributed by atoms with Gasteiger partial charge in [0.15, 0.2) is 0 Å². The Hall–Kier alpha value is -1.39. The first-order valence-corrected chi connectivity index (χ1v) is 6.43. The summed E-state index contributed by atoms with van der Waals surface area (Å²) in [6.45, 7) is 2.92. The van der Waals surface area contributed by atoms with Gasteiger partial charge in [-0.3, -0.25) is 4.79 Å². The minimum Gasteiger partial charge on any atom is -0.392 e. The van der Waals surface area contributed by atoms with Gasteiger partial charge >= 0.3 is 0 Å². The molecule has 0 spiro atoms. The molecule has 1 fully saturated rings. The summed E-state index contributed by atoms with van der Waals surface area (Å²) < 4.78 is 0. The van der Waals surface area contributed by atoms with Crippen LogP contribution in [0.2, 0.25) is 0 Å². The Kier molecular flexibility index (Phi) is 4.33. The molecule has 2 rings (SSSR count). The molecule has 0 aliphatic carbocycles. The van der Waals surface area contributed by atoms with Crippen molar-refractivity contribution in [2.45, 2.75) is 32.4 Å². The number of benzene rings is 1. The average molecular weight is 248 g/mol. The standard InChI is InChI=1S/C14H20N2O2/c1-10-2-5-12(8-15-10)14(18)16-13-6-3-11(9-17)4-7-13/h3-4,6-7,10,12,15,17H,2,5,8-9H2,1H3,(H,16,18). The third-order valence-electron chi connectivity index (χ3n) is 3.44. The Bertz CT molecular complexity index is 395. The fourth-order valence-electron chi connectivity index (χ4n) is 2.16. The fraction of sp³-hybridized carbons (Fsp3) is 0.500. The molecule has 18 heavy (non-hydrogen) atoms. The molecule has 0 bridgehead atoms. The summed E-state index contributed by atoms with van der Waals surface area (Å²) in [4.78, 5) is 12.0. The van der Waals surface area contributed by atoms with Crippen LogP contribution in [-0.2, 0) is 11.4 Å². The van der Waals surface area contributed by atoms with Crippen molar-refractivity contribution in [2.24, 2.45) is 5.92 Å². The van der Waals surface area contributed by atoms with Gasteiger partial charge in [-0.05, 0) is 37.5 Å². The van der Waals surface area contributed by atoms with Gasteiger partial charge in [0, 0.05) is 18.3 Å². The summed E-state index contributed by atoms with van der Waals surface area (Å²) in [7, 11) is 0. The number of carbonyl (C=O) groups is 1. The molecular weight excluding hydrogens is 228 g/mol. The molecule has 2 atom stereocenters. The largest absolute Gasteiger partial charge is 0.392 e. The summed E-state index contributed by atoms with van der Waals surface area (Å²) in [6.07, 6.45) is 1.98. The predicted octanol–water partition coefficient (Wildman–Crippen LogP) is 1.51. The molecular formula is C14H20N2O2. The second-order valence-corrected chi connectivity index (χ2v) is 4.93. The highest BCUT2D eigenvalue weighted by Crippen LogP contribution is 2.17. The molecule has 1 aromatic rings. The van der Waals surface area contributed by atoms with Crippen molar-refractivity contribution in [1.82, 2.24) is 5.32 Å². The number of aliphatic hydroxyl groups is 1. The van der Waals surface area contributed by atoms with Crippen molar-refractivity contribution >= 4 is 11.6 Å². The molecule has 0 radical (unpaired) electrons. The number of aliphatic hydroxyl groups excluding tert-OH is 1. The lowest BCUT2D eigenvalue weighted by atomic mass is 9.95. The Labute approximate surface area is 107 Å². The van der Waals surface area contributed by atoms with Crippen LogP contribution >= 0.6 is 0 Å². The maximum atomic E-state index is 12.0. The SMILES string of the molecule is CC1CCC(C(=O)Nc2ccc(CO)cc2)CN1. The van der Waals surface area contributed by atoms with Crippen molar-refractivity contribution in [1.29, 1.82) is 0 Å². The molecule has 1 amide bonds. The zero-order chi connectivity index (χ0) is 13.0. The van der Waals surface area contributed by atoms with E-state index >= 15 is 0 Å². The quantitative estimate of drug-likeness (QED) is 0.759. The van der Waals surface area contributed by atoms with Gasteiger partial charge in [-0.25, -0.2) is 0 Å². The van der Waals surface area contributed by atoms with Gasteiger partial charge in [0.1, 0.15) is 0 Å². The normalized spacial score (nSPS) is 23.7. The van der Waals surface area contributed by atoms with E-state index in [1.165, 1.54) is 0 Å².